The van der Waals surface area contributed by atoms with Crippen LogP contribution < -0.4 is 10.0 Å². The van der Waals surface area contributed by atoms with Crippen LogP contribution in [0.15, 0.2) is 22.4 Å². The van der Waals surface area contributed by atoms with Gasteiger partial charge in [-0.15, -0.1) is 0 Å². The molecule has 0 unspecified atom stereocenters. The fourth-order valence-electron chi connectivity index (χ4n) is 1.07. The zero-order chi connectivity index (χ0) is 10.7. The lowest BCUT2D eigenvalue weighted by molar-refractivity contribution is 0.621. The van der Waals surface area contributed by atoms with Gasteiger partial charge in [0, 0.05) is 12.7 Å². The molecule has 0 saturated carbocycles. The Balaban J connectivity index is 2.08. The van der Waals surface area contributed by atoms with Crippen LogP contribution in [0.3, 0.4) is 0 Å². The SMILES string of the molecule is CC(C)CNC1=Nc2ncncc2SN1. The van der Waals surface area contributed by atoms with Gasteiger partial charge < -0.3 is 5.32 Å². The molecule has 0 aromatic carbocycles. The molecule has 6 heteroatoms. The number of aliphatic imine (C=N–C) groups is 1. The van der Waals surface area contributed by atoms with Crippen molar-refractivity contribution >= 4 is 23.7 Å². The summed E-state index contributed by atoms with van der Waals surface area (Å²) in [5, 5.41) is 3.22. The number of hydrogen-bond acceptors (Lipinski definition) is 6. The fraction of sp³-hybridized carbons (Fsp3) is 0.444. The summed E-state index contributed by atoms with van der Waals surface area (Å²) >= 11 is 1.48. The van der Waals surface area contributed by atoms with Gasteiger partial charge in [-0.2, -0.15) is 4.99 Å². The highest BCUT2D eigenvalue weighted by Gasteiger charge is 2.12. The van der Waals surface area contributed by atoms with E-state index in [-0.39, 0.29) is 0 Å². The molecule has 0 amide bonds. The lowest BCUT2D eigenvalue weighted by Gasteiger charge is -2.17. The van der Waals surface area contributed by atoms with Gasteiger partial charge in [0.15, 0.2) is 5.82 Å². The van der Waals surface area contributed by atoms with E-state index in [1.807, 2.05) is 0 Å². The Morgan fingerprint density at radius 1 is 1.53 bits per heavy atom. The van der Waals surface area contributed by atoms with Crippen molar-refractivity contribution in [3.63, 3.8) is 0 Å². The van der Waals surface area contributed by atoms with Crippen LogP contribution in [0, 0.1) is 5.92 Å². The summed E-state index contributed by atoms with van der Waals surface area (Å²) in [4.78, 5) is 13.3. The molecule has 0 aliphatic carbocycles. The largest absolute Gasteiger partial charge is 0.355 e. The minimum absolute atomic E-state index is 0.589. The van der Waals surface area contributed by atoms with Crippen LogP contribution in [-0.4, -0.2) is 22.5 Å². The van der Waals surface area contributed by atoms with Crippen molar-refractivity contribution in [3.8, 4) is 0 Å². The zero-order valence-electron chi connectivity index (χ0n) is 8.69. The number of rotatable bonds is 2. The molecule has 0 fully saturated rings. The molecule has 1 aromatic heterocycles. The number of nitrogens with one attached hydrogen (secondary N) is 2. The standard InChI is InChI=1S/C9H13N5S/c1-6(2)3-11-9-13-8-7(15-14-9)4-10-5-12-8/h4-6H,3H2,1-2H3,(H2,10,11,12,13,14). The summed E-state index contributed by atoms with van der Waals surface area (Å²) < 4.78 is 3.11. The normalized spacial score (nSPS) is 14.2. The van der Waals surface area contributed by atoms with Gasteiger partial charge in [0.2, 0.25) is 5.96 Å². The van der Waals surface area contributed by atoms with Crippen molar-refractivity contribution in [1.82, 2.24) is 20.0 Å². The highest BCUT2D eigenvalue weighted by atomic mass is 32.2. The van der Waals surface area contributed by atoms with E-state index in [2.05, 4.69) is 38.8 Å². The Kier molecular flexibility index (Phi) is 3.05. The van der Waals surface area contributed by atoms with Gasteiger partial charge in [-0.05, 0) is 17.9 Å². The Hall–Kier alpha value is -1.30. The predicted octanol–water partition coefficient (Wildman–Crippen LogP) is 1.32. The third kappa shape index (κ3) is 2.59. The second-order valence-corrected chi connectivity index (χ2v) is 4.50. The quantitative estimate of drug-likeness (QED) is 0.740. The molecule has 0 saturated heterocycles. The van der Waals surface area contributed by atoms with Crippen LogP contribution in [0.25, 0.3) is 0 Å². The Morgan fingerprint density at radius 2 is 2.40 bits per heavy atom. The van der Waals surface area contributed by atoms with Crippen molar-refractivity contribution in [3.05, 3.63) is 12.5 Å². The molecule has 0 spiro atoms. The molecule has 5 nitrogen and oxygen atoms in total. The molecule has 0 radical (unpaired) electrons. The van der Waals surface area contributed by atoms with E-state index in [4.69, 9.17) is 0 Å². The first-order valence-electron chi connectivity index (χ1n) is 4.81. The van der Waals surface area contributed by atoms with E-state index in [0.717, 1.165) is 23.2 Å². The van der Waals surface area contributed by atoms with Crippen molar-refractivity contribution in [1.29, 1.82) is 0 Å². The summed E-state index contributed by atoms with van der Waals surface area (Å²) in [6.07, 6.45) is 3.26. The summed E-state index contributed by atoms with van der Waals surface area (Å²) in [6.45, 7) is 5.20. The Labute approximate surface area is 92.9 Å². The van der Waals surface area contributed by atoms with Gasteiger partial charge in [0.05, 0.1) is 4.90 Å². The van der Waals surface area contributed by atoms with Crippen LogP contribution in [0.2, 0.25) is 0 Å². The van der Waals surface area contributed by atoms with Crippen molar-refractivity contribution in [2.24, 2.45) is 10.9 Å². The maximum Gasteiger partial charge on any atom is 0.208 e. The Bertz CT molecular complexity index is 377. The van der Waals surface area contributed by atoms with Crippen LogP contribution in [-0.2, 0) is 0 Å². The van der Waals surface area contributed by atoms with E-state index >= 15 is 0 Å². The number of guanidine groups is 1. The molecule has 2 rings (SSSR count). The Morgan fingerprint density at radius 3 is 3.20 bits per heavy atom. The molecule has 1 aliphatic heterocycles. The monoisotopic (exact) mass is 223 g/mol. The van der Waals surface area contributed by atoms with Gasteiger partial charge in [-0.3, -0.25) is 4.72 Å². The first-order chi connectivity index (χ1) is 7.25. The second-order valence-electron chi connectivity index (χ2n) is 3.65. The van der Waals surface area contributed by atoms with Gasteiger partial charge in [-0.1, -0.05) is 13.8 Å². The fourth-order valence-corrected chi connectivity index (χ4v) is 1.70. The lowest BCUT2D eigenvalue weighted by atomic mass is 10.2. The molecule has 80 valence electrons. The molecule has 2 N–H and O–H groups in total. The number of hydrogen-bond donors (Lipinski definition) is 2. The van der Waals surface area contributed by atoms with E-state index in [9.17, 15) is 0 Å². The number of nitrogens with zero attached hydrogens (tertiary/aromatic N) is 3. The average Bonchev–Trinajstić information content (AvgIpc) is 2.26. The third-order valence-corrected chi connectivity index (χ3v) is 2.62. The molecule has 2 heterocycles. The highest BCUT2D eigenvalue weighted by molar-refractivity contribution is 7.98. The minimum Gasteiger partial charge on any atom is -0.355 e. The maximum absolute atomic E-state index is 4.34. The lowest BCUT2D eigenvalue weighted by Crippen LogP contribution is -2.36. The smallest absolute Gasteiger partial charge is 0.208 e. The molecular weight excluding hydrogens is 210 g/mol. The average molecular weight is 223 g/mol. The highest BCUT2D eigenvalue weighted by Crippen LogP contribution is 2.26. The first kappa shape index (κ1) is 10.2. The predicted molar refractivity (Wildman–Crippen MR) is 61.0 cm³/mol. The molecule has 1 aromatic rings. The molecule has 15 heavy (non-hydrogen) atoms. The number of aromatic nitrogens is 2. The summed E-state index contributed by atoms with van der Waals surface area (Å²) in [5.74, 6) is 2.08. The van der Waals surface area contributed by atoms with E-state index in [1.165, 1.54) is 18.3 Å². The van der Waals surface area contributed by atoms with Crippen LogP contribution in [0.5, 0.6) is 0 Å². The van der Waals surface area contributed by atoms with E-state index < -0.39 is 0 Å². The van der Waals surface area contributed by atoms with Crippen LogP contribution in [0.4, 0.5) is 5.82 Å². The first-order valence-corrected chi connectivity index (χ1v) is 5.63. The minimum atomic E-state index is 0.589. The molecule has 1 aliphatic rings. The van der Waals surface area contributed by atoms with Crippen LogP contribution in [0.1, 0.15) is 13.8 Å². The summed E-state index contributed by atoms with van der Waals surface area (Å²) in [6, 6.07) is 0. The van der Waals surface area contributed by atoms with Crippen LogP contribution >= 0.6 is 11.9 Å². The van der Waals surface area contributed by atoms with Gasteiger partial charge >= 0.3 is 0 Å². The molecular formula is C9H13N5S. The maximum atomic E-state index is 4.34. The number of fused-ring (bicyclic) bond motifs is 1. The molecule has 0 atom stereocenters. The second kappa shape index (κ2) is 4.48. The summed E-state index contributed by atoms with van der Waals surface area (Å²) in [5.41, 5.74) is 0. The third-order valence-electron chi connectivity index (χ3n) is 1.81. The van der Waals surface area contributed by atoms with Crippen molar-refractivity contribution < 1.29 is 0 Å². The van der Waals surface area contributed by atoms with Gasteiger partial charge in [0.25, 0.3) is 0 Å². The van der Waals surface area contributed by atoms with Gasteiger partial charge in [-0.25, -0.2) is 9.97 Å². The summed E-state index contributed by atoms with van der Waals surface area (Å²) in [7, 11) is 0. The zero-order valence-corrected chi connectivity index (χ0v) is 9.51. The van der Waals surface area contributed by atoms with E-state index in [1.54, 1.807) is 6.20 Å². The van der Waals surface area contributed by atoms with Crippen molar-refractivity contribution in [2.45, 2.75) is 18.7 Å². The molecule has 0 bridgehead atoms. The van der Waals surface area contributed by atoms with Gasteiger partial charge in [0.1, 0.15) is 6.33 Å². The topological polar surface area (TPSA) is 62.2 Å². The van der Waals surface area contributed by atoms with E-state index in [0.29, 0.717) is 5.92 Å². The van der Waals surface area contributed by atoms with Crippen molar-refractivity contribution in [2.75, 3.05) is 6.54 Å².